The van der Waals surface area contributed by atoms with Crippen molar-refractivity contribution in [1.82, 2.24) is 4.98 Å². The number of rotatable bonds is 4. The van der Waals surface area contributed by atoms with Gasteiger partial charge in [-0.25, -0.2) is 0 Å². The number of nitrogens with one attached hydrogen (secondary N) is 1. The van der Waals surface area contributed by atoms with E-state index in [9.17, 15) is 4.21 Å². The second-order valence-electron chi connectivity index (χ2n) is 3.45. The number of nitrogen functional groups attached to an aromatic ring is 1. The van der Waals surface area contributed by atoms with Gasteiger partial charge in [-0.05, 0) is 12.1 Å². The highest BCUT2D eigenvalue weighted by atomic mass is 32.2. The molecule has 0 aliphatic heterocycles. The van der Waals surface area contributed by atoms with E-state index in [1.54, 1.807) is 24.5 Å². The predicted octanol–water partition coefficient (Wildman–Crippen LogP) is 1.20. The second kappa shape index (κ2) is 4.52. The van der Waals surface area contributed by atoms with E-state index in [1.165, 1.54) is 0 Å². The molecule has 2 aromatic rings. The molecule has 6 heteroatoms. The summed E-state index contributed by atoms with van der Waals surface area (Å²) < 4.78 is 16.3. The molecule has 0 radical (unpaired) electrons. The van der Waals surface area contributed by atoms with E-state index < -0.39 is 10.8 Å². The standard InChI is InChI=1S/C10H13N3O2S/c1-16(14)5-4-12-10-13-8-3-2-7(11)6-9(8)15-10/h2-3,6H,4-5,11H2,1H3,(H,12,13). The zero-order valence-corrected chi connectivity index (χ0v) is 9.71. The van der Waals surface area contributed by atoms with Gasteiger partial charge >= 0.3 is 0 Å². The number of aromatic nitrogens is 1. The van der Waals surface area contributed by atoms with Crippen molar-refractivity contribution in [3.8, 4) is 0 Å². The Balaban J connectivity index is 2.10. The third kappa shape index (κ3) is 2.52. The third-order valence-corrected chi connectivity index (χ3v) is 2.86. The van der Waals surface area contributed by atoms with Crippen LogP contribution in [0.5, 0.6) is 0 Å². The maximum absolute atomic E-state index is 10.9. The van der Waals surface area contributed by atoms with E-state index in [2.05, 4.69) is 10.3 Å². The number of fused-ring (bicyclic) bond motifs is 1. The molecular formula is C10H13N3O2S. The van der Waals surface area contributed by atoms with Crippen LogP contribution < -0.4 is 11.1 Å². The fourth-order valence-electron chi connectivity index (χ4n) is 1.32. The molecule has 0 bridgehead atoms. The highest BCUT2D eigenvalue weighted by Crippen LogP contribution is 2.20. The molecule has 86 valence electrons. The molecule has 0 spiro atoms. The Kier molecular flexibility index (Phi) is 3.09. The van der Waals surface area contributed by atoms with Crippen LogP contribution in [0.3, 0.4) is 0 Å². The highest BCUT2D eigenvalue weighted by Gasteiger charge is 2.05. The fourth-order valence-corrected chi connectivity index (χ4v) is 1.71. The average molecular weight is 239 g/mol. The van der Waals surface area contributed by atoms with Gasteiger partial charge in [0.15, 0.2) is 5.58 Å². The minimum atomic E-state index is -0.813. The van der Waals surface area contributed by atoms with Crippen molar-refractivity contribution in [2.24, 2.45) is 0 Å². The van der Waals surface area contributed by atoms with Gasteiger partial charge in [0.1, 0.15) is 5.52 Å². The average Bonchev–Trinajstić information content (AvgIpc) is 2.58. The minimum absolute atomic E-state index is 0.436. The topological polar surface area (TPSA) is 81.2 Å². The smallest absolute Gasteiger partial charge is 0.295 e. The molecule has 2 rings (SSSR count). The van der Waals surface area contributed by atoms with Crippen LogP contribution in [-0.4, -0.2) is 27.7 Å². The van der Waals surface area contributed by atoms with Crippen LogP contribution in [0.1, 0.15) is 0 Å². The second-order valence-corrected chi connectivity index (χ2v) is 5.00. The Morgan fingerprint density at radius 2 is 2.38 bits per heavy atom. The van der Waals surface area contributed by atoms with Crippen LogP contribution in [-0.2, 0) is 10.8 Å². The van der Waals surface area contributed by atoms with Crippen LogP contribution in [0, 0.1) is 0 Å². The van der Waals surface area contributed by atoms with Gasteiger partial charge in [-0.2, -0.15) is 4.98 Å². The number of hydrogen-bond acceptors (Lipinski definition) is 5. The van der Waals surface area contributed by atoms with E-state index >= 15 is 0 Å². The predicted molar refractivity (Wildman–Crippen MR) is 65.8 cm³/mol. The molecule has 0 amide bonds. The molecule has 3 N–H and O–H groups in total. The lowest BCUT2D eigenvalue weighted by atomic mass is 10.3. The minimum Gasteiger partial charge on any atom is -0.423 e. The van der Waals surface area contributed by atoms with Crippen molar-refractivity contribution < 1.29 is 8.63 Å². The first kappa shape index (κ1) is 10.9. The van der Waals surface area contributed by atoms with Gasteiger partial charge < -0.3 is 15.5 Å². The molecule has 16 heavy (non-hydrogen) atoms. The van der Waals surface area contributed by atoms with Gasteiger partial charge in [-0.3, -0.25) is 4.21 Å². The first-order valence-electron chi connectivity index (χ1n) is 4.85. The highest BCUT2D eigenvalue weighted by molar-refractivity contribution is 7.84. The normalized spacial score (nSPS) is 12.8. The van der Waals surface area contributed by atoms with E-state index in [4.69, 9.17) is 10.2 Å². The van der Waals surface area contributed by atoms with Crippen molar-refractivity contribution in [3.63, 3.8) is 0 Å². The lowest BCUT2D eigenvalue weighted by Crippen LogP contribution is -2.09. The summed E-state index contributed by atoms with van der Waals surface area (Å²) in [6, 6.07) is 5.74. The van der Waals surface area contributed by atoms with E-state index in [1.807, 2.05) is 0 Å². The van der Waals surface area contributed by atoms with Crippen molar-refractivity contribution in [2.45, 2.75) is 0 Å². The molecule has 1 aromatic carbocycles. The molecule has 1 heterocycles. The maximum Gasteiger partial charge on any atom is 0.295 e. The van der Waals surface area contributed by atoms with Gasteiger partial charge in [-0.1, -0.05) is 0 Å². The van der Waals surface area contributed by atoms with E-state index in [-0.39, 0.29) is 0 Å². The Hall–Kier alpha value is -1.56. The van der Waals surface area contributed by atoms with Gasteiger partial charge in [-0.15, -0.1) is 0 Å². The summed E-state index contributed by atoms with van der Waals surface area (Å²) in [6.07, 6.45) is 1.66. The molecule has 0 saturated carbocycles. The SMILES string of the molecule is CS(=O)CCNc1nc2ccc(N)cc2o1. The molecule has 0 aliphatic rings. The van der Waals surface area contributed by atoms with Gasteiger partial charge in [0.2, 0.25) is 0 Å². The fraction of sp³-hybridized carbons (Fsp3) is 0.300. The zero-order valence-electron chi connectivity index (χ0n) is 8.90. The van der Waals surface area contributed by atoms with E-state index in [0.29, 0.717) is 29.6 Å². The first-order valence-corrected chi connectivity index (χ1v) is 6.58. The number of hydrogen-bond donors (Lipinski definition) is 2. The largest absolute Gasteiger partial charge is 0.423 e. The van der Waals surface area contributed by atoms with Crippen molar-refractivity contribution >= 4 is 33.6 Å². The van der Waals surface area contributed by atoms with E-state index in [0.717, 1.165) is 5.52 Å². The molecule has 0 aliphatic carbocycles. The zero-order chi connectivity index (χ0) is 11.5. The first-order chi connectivity index (χ1) is 7.65. The summed E-state index contributed by atoms with van der Waals surface area (Å²) in [5, 5.41) is 2.97. The Morgan fingerprint density at radius 3 is 3.12 bits per heavy atom. The molecule has 0 saturated heterocycles. The number of anilines is 2. The number of benzene rings is 1. The molecule has 5 nitrogen and oxygen atoms in total. The summed E-state index contributed by atoms with van der Waals surface area (Å²) in [5.74, 6) is 0.570. The number of nitrogens with two attached hydrogens (primary N) is 1. The summed E-state index contributed by atoms with van der Waals surface area (Å²) >= 11 is 0. The molecule has 1 atom stereocenters. The molecule has 0 fully saturated rings. The van der Waals surface area contributed by atoms with Gasteiger partial charge in [0, 0.05) is 41.1 Å². The summed E-state index contributed by atoms with van der Waals surface area (Å²) in [4.78, 5) is 4.22. The molecule has 1 unspecified atom stereocenters. The van der Waals surface area contributed by atoms with Crippen molar-refractivity contribution in [2.75, 3.05) is 29.6 Å². The van der Waals surface area contributed by atoms with Crippen LogP contribution in [0.15, 0.2) is 22.6 Å². The van der Waals surface area contributed by atoms with Gasteiger partial charge in [0.25, 0.3) is 6.01 Å². The Morgan fingerprint density at radius 1 is 1.56 bits per heavy atom. The summed E-state index contributed by atoms with van der Waals surface area (Å²) in [5.41, 5.74) is 7.68. The quantitative estimate of drug-likeness (QED) is 0.783. The Bertz CT molecular complexity index is 524. The van der Waals surface area contributed by atoms with Crippen LogP contribution >= 0.6 is 0 Å². The van der Waals surface area contributed by atoms with Crippen LogP contribution in [0.25, 0.3) is 11.1 Å². The third-order valence-electron chi connectivity index (χ3n) is 2.08. The molecular weight excluding hydrogens is 226 g/mol. The van der Waals surface area contributed by atoms with Crippen LogP contribution in [0.2, 0.25) is 0 Å². The molecule has 1 aromatic heterocycles. The van der Waals surface area contributed by atoms with Crippen molar-refractivity contribution in [1.29, 1.82) is 0 Å². The monoisotopic (exact) mass is 239 g/mol. The number of oxazole rings is 1. The lowest BCUT2D eigenvalue weighted by Gasteiger charge is -1.97. The Labute approximate surface area is 95.5 Å². The van der Waals surface area contributed by atoms with Crippen LogP contribution in [0.4, 0.5) is 11.7 Å². The maximum atomic E-state index is 10.9. The van der Waals surface area contributed by atoms with Crippen molar-refractivity contribution in [3.05, 3.63) is 18.2 Å². The lowest BCUT2D eigenvalue weighted by molar-refractivity contribution is 0.616. The summed E-state index contributed by atoms with van der Waals surface area (Å²) in [7, 11) is -0.813. The van der Waals surface area contributed by atoms with Gasteiger partial charge in [0.05, 0.1) is 0 Å². The number of nitrogens with zero attached hydrogens (tertiary/aromatic N) is 1. The summed E-state index contributed by atoms with van der Waals surface area (Å²) in [6.45, 7) is 0.575.